The number of hydrogen-bond acceptors (Lipinski definition) is 4. The molecule has 14 heavy (non-hydrogen) atoms. The second kappa shape index (κ2) is 7.55. The van der Waals surface area contributed by atoms with Crippen LogP contribution in [0.15, 0.2) is 10.8 Å². The number of phosphoric acid groups is 1. The maximum Gasteiger partial charge on any atom is 0.529 e. The zero-order valence-corrected chi connectivity index (χ0v) is 10.4. The normalized spacial score (nSPS) is 14.6. The van der Waals surface area contributed by atoms with Crippen LogP contribution in [-0.2, 0) is 18.1 Å². The third-order valence-corrected chi connectivity index (χ3v) is 2.73. The standard InChI is InChI=1S/C7H13Cl2O4P/c1-3-4-5-12-14(10,11-2)13-6-7(8)9/h6H,3-5H2,1-2H3. The van der Waals surface area contributed by atoms with Gasteiger partial charge in [-0.15, -0.1) is 0 Å². The van der Waals surface area contributed by atoms with Crippen LogP contribution in [0, 0.1) is 0 Å². The summed E-state index contributed by atoms with van der Waals surface area (Å²) in [4.78, 5) is 0. The topological polar surface area (TPSA) is 44.8 Å². The van der Waals surface area contributed by atoms with Gasteiger partial charge in [-0.1, -0.05) is 36.5 Å². The van der Waals surface area contributed by atoms with E-state index in [4.69, 9.17) is 27.7 Å². The summed E-state index contributed by atoms with van der Waals surface area (Å²) in [5.74, 6) is 0. The van der Waals surface area contributed by atoms with E-state index in [1.54, 1.807) is 0 Å². The molecule has 0 aliphatic heterocycles. The van der Waals surface area contributed by atoms with E-state index in [9.17, 15) is 4.57 Å². The Labute approximate surface area is 93.7 Å². The van der Waals surface area contributed by atoms with E-state index >= 15 is 0 Å². The summed E-state index contributed by atoms with van der Waals surface area (Å²) in [5, 5.41) is 0. The second-order valence-electron chi connectivity index (χ2n) is 2.33. The molecular formula is C7H13Cl2O4P. The van der Waals surface area contributed by atoms with Crippen molar-refractivity contribution in [2.75, 3.05) is 13.7 Å². The number of hydrogen-bond donors (Lipinski definition) is 0. The van der Waals surface area contributed by atoms with Crippen LogP contribution in [0.4, 0.5) is 0 Å². The summed E-state index contributed by atoms with van der Waals surface area (Å²) in [7, 11) is -2.30. The fraction of sp³-hybridized carbons (Fsp3) is 0.714. The minimum Gasteiger partial charge on any atom is -0.409 e. The molecule has 7 heteroatoms. The molecule has 0 aromatic rings. The van der Waals surface area contributed by atoms with Crippen LogP contribution in [0.1, 0.15) is 19.8 Å². The molecule has 0 bridgehead atoms. The van der Waals surface area contributed by atoms with Gasteiger partial charge in [0.2, 0.25) is 0 Å². The number of unbranched alkanes of at least 4 members (excludes halogenated alkanes) is 1. The molecule has 1 unspecified atom stereocenters. The van der Waals surface area contributed by atoms with Crippen molar-refractivity contribution >= 4 is 31.0 Å². The van der Waals surface area contributed by atoms with E-state index in [-0.39, 0.29) is 4.49 Å². The SMILES string of the molecule is CCCCOP(=O)(OC)OC=C(Cl)Cl. The molecule has 0 fully saturated rings. The monoisotopic (exact) mass is 262 g/mol. The maximum absolute atomic E-state index is 11.5. The molecule has 0 aliphatic rings. The summed E-state index contributed by atoms with van der Waals surface area (Å²) in [6, 6.07) is 0. The largest absolute Gasteiger partial charge is 0.529 e. The Morgan fingerprint density at radius 3 is 2.57 bits per heavy atom. The van der Waals surface area contributed by atoms with Crippen molar-refractivity contribution in [1.29, 1.82) is 0 Å². The molecule has 0 aromatic heterocycles. The van der Waals surface area contributed by atoms with Crippen LogP contribution in [0.5, 0.6) is 0 Å². The molecule has 1 atom stereocenters. The lowest BCUT2D eigenvalue weighted by atomic mass is 10.4. The Hall–Kier alpha value is 0.270. The second-order valence-corrected chi connectivity index (χ2v) is 5.07. The lowest BCUT2D eigenvalue weighted by Gasteiger charge is -2.13. The van der Waals surface area contributed by atoms with E-state index < -0.39 is 7.82 Å². The molecule has 84 valence electrons. The molecule has 0 saturated heterocycles. The fourth-order valence-corrected chi connectivity index (χ4v) is 1.60. The van der Waals surface area contributed by atoms with Gasteiger partial charge in [-0.3, -0.25) is 9.05 Å². The first-order valence-corrected chi connectivity index (χ1v) is 6.25. The van der Waals surface area contributed by atoms with E-state index in [0.29, 0.717) is 6.61 Å². The predicted molar refractivity (Wildman–Crippen MR) is 56.3 cm³/mol. The zero-order valence-electron chi connectivity index (χ0n) is 8.03. The molecule has 0 saturated carbocycles. The van der Waals surface area contributed by atoms with Gasteiger partial charge >= 0.3 is 7.82 Å². The predicted octanol–water partition coefficient (Wildman–Crippen LogP) is 3.85. The zero-order chi connectivity index (χ0) is 11.0. The summed E-state index contributed by atoms with van der Waals surface area (Å²) in [5.41, 5.74) is 0. The molecule has 0 aromatic carbocycles. The van der Waals surface area contributed by atoms with E-state index in [0.717, 1.165) is 19.1 Å². The van der Waals surface area contributed by atoms with Crippen LogP contribution in [0.25, 0.3) is 0 Å². The first kappa shape index (κ1) is 14.3. The first-order chi connectivity index (χ1) is 6.54. The van der Waals surface area contributed by atoms with Crippen molar-refractivity contribution in [3.05, 3.63) is 10.8 Å². The van der Waals surface area contributed by atoms with Crippen LogP contribution in [-0.4, -0.2) is 13.7 Å². The minimum absolute atomic E-state index is 0.152. The third kappa shape index (κ3) is 6.68. The molecule has 0 aliphatic carbocycles. The van der Waals surface area contributed by atoms with Gasteiger partial charge in [0.05, 0.1) is 6.61 Å². The van der Waals surface area contributed by atoms with Gasteiger partial charge in [-0.2, -0.15) is 0 Å². The molecule has 0 N–H and O–H groups in total. The Kier molecular flexibility index (Phi) is 7.69. The van der Waals surface area contributed by atoms with Crippen LogP contribution >= 0.6 is 31.0 Å². The summed E-state index contributed by atoms with van der Waals surface area (Å²) in [6.45, 7) is 2.28. The number of rotatable bonds is 7. The Balaban J connectivity index is 4.05. The van der Waals surface area contributed by atoms with Gasteiger partial charge in [0.1, 0.15) is 10.8 Å². The number of halogens is 2. The molecule has 4 nitrogen and oxygen atoms in total. The average molecular weight is 263 g/mol. The average Bonchev–Trinajstić information content (AvgIpc) is 2.15. The van der Waals surface area contributed by atoms with Crippen LogP contribution in [0.3, 0.4) is 0 Å². The van der Waals surface area contributed by atoms with E-state index in [1.807, 2.05) is 6.92 Å². The van der Waals surface area contributed by atoms with Gasteiger partial charge in [-0.05, 0) is 6.42 Å². The lowest BCUT2D eigenvalue weighted by molar-refractivity contribution is 0.163. The van der Waals surface area contributed by atoms with Crippen molar-refractivity contribution in [3.8, 4) is 0 Å². The van der Waals surface area contributed by atoms with Crippen molar-refractivity contribution in [2.24, 2.45) is 0 Å². The Morgan fingerprint density at radius 1 is 1.50 bits per heavy atom. The third-order valence-electron chi connectivity index (χ3n) is 1.24. The molecule has 0 heterocycles. The quantitative estimate of drug-likeness (QED) is 0.397. The molecule has 0 amide bonds. The minimum atomic E-state index is -3.53. The summed E-state index contributed by atoms with van der Waals surface area (Å²) < 4.78 is 25.6. The van der Waals surface area contributed by atoms with E-state index in [2.05, 4.69) is 9.05 Å². The molecule has 0 radical (unpaired) electrons. The van der Waals surface area contributed by atoms with Gasteiger partial charge in [0.25, 0.3) is 0 Å². The molecule has 0 spiro atoms. The van der Waals surface area contributed by atoms with Crippen LogP contribution in [0.2, 0.25) is 0 Å². The summed E-state index contributed by atoms with van der Waals surface area (Å²) >= 11 is 10.5. The molecule has 0 rings (SSSR count). The van der Waals surface area contributed by atoms with Gasteiger partial charge in [-0.25, -0.2) is 4.57 Å². The highest BCUT2D eigenvalue weighted by Crippen LogP contribution is 2.49. The molecular weight excluding hydrogens is 250 g/mol. The summed E-state index contributed by atoms with van der Waals surface area (Å²) in [6.07, 6.45) is 2.62. The first-order valence-electron chi connectivity index (χ1n) is 4.04. The smallest absolute Gasteiger partial charge is 0.409 e. The van der Waals surface area contributed by atoms with Gasteiger partial charge in [0.15, 0.2) is 0 Å². The van der Waals surface area contributed by atoms with E-state index in [1.165, 1.54) is 7.11 Å². The Bertz CT molecular complexity index is 228. The van der Waals surface area contributed by atoms with Gasteiger partial charge < -0.3 is 4.52 Å². The number of phosphoric ester groups is 1. The van der Waals surface area contributed by atoms with Crippen molar-refractivity contribution in [1.82, 2.24) is 0 Å². The Morgan fingerprint density at radius 2 is 2.14 bits per heavy atom. The van der Waals surface area contributed by atoms with Crippen molar-refractivity contribution in [2.45, 2.75) is 19.8 Å². The maximum atomic E-state index is 11.5. The highest BCUT2D eigenvalue weighted by Gasteiger charge is 2.24. The fourth-order valence-electron chi connectivity index (χ4n) is 0.551. The van der Waals surface area contributed by atoms with Crippen molar-refractivity contribution < 1.29 is 18.1 Å². The van der Waals surface area contributed by atoms with Crippen LogP contribution < -0.4 is 0 Å². The highest BCUT2D eigenvalue weighted by atomic mass is 35.5. The highest BCUT2D eigenvalue weighted by molar-refractivity contribution is 7.48. The lowest BCUT2D eigenvalue weighted by Crippen LogP contribution is -1.96. The van der Waals surface area contributed by atoms with Crippen molar-refractivity contribution in [3.63, 3.8) is 0 Å². The van der Waals surface area contributed by atoms with Gasteiger partial charge in [0, 0.05) is 7.11 Å².